The van der Waals surface area contributed by atoms with Crippen LogP contribution >= 0.6 is 0 Å². The summed E-state index contributed by atoms with van der Waals surface area (Å²) in [6.07, 6.45) is 0.171. The zero-order valence-corrected chi connectivity index (χ0v) is 12.2. The molecule has 1 aromatic rings. The third-order valence-corrected chi connectivity index (χ3v) is 2.87. The van der Waals surface area contributed by atoms with Gasteiger partial charge in [-0.1, -0.05) is 24.6 Å². The molecule has 19 heavy (non-hydrogen) atoms. The van der Waals surface area contributed by atoms with E-state index in [4.69, 9.17) is 9.47 Å². The fourth-order valence-corrected chi connectivity index (χ4v) is 1.80. The summed E-state index contributed by atoms with van der Waals surface area (Å²) in [6, 6.07) is 5.94. The first-order chi connectivity index (χ1) is 9.08. The van der Waals surface area contributed by atoms with Crippen LogP contribution in [0, 0.1) is 13.8 Å². The van der Waals surface area contributed by atoms with Gasteiger partial charge in [0.15, 0.2) is 6.10 Å². The van der Waals surface area contributed by atoms with Crippen molar-refractivity contribution in [2.45, 2.75) is 33.3 Å². The standard InChI is InChI=1S/C15H23NO3/c1-5-13(15(17)16-8-9-18-4)19-14-7-6-11(2)10-12(14)3/h6-7,10,13H,5,8-9H2,1-4H3,(H,16,17). The largest absolute Gasteiger partial charge is 0.480 e. The minimum Gasteiger partial charge on any atom is -0.480 e. The first-order valence-electron chi connectivity index (χ1n) is 6.59. The summed E-state index contributed by atoms with van der Waals surface area (Å²) in [5.41, 5.74) is 2.23. The molecule has 0 saturated heterocycles. The maximum atomic E-state index is 11.9. The number of hydrogen-bond donors (Lipinski definition) is 1. The minimum atomic E-state index is -0.460. The maximum absolute atomic E-state index is 11.9. The van der Waals surface area contributed by atoms with Gasteiger partial charge < -0.3 is 14.8 Å². The van der Waals surface area contributed by atoms with Crippen LogP contribution in [-0.2, 0) is 9.53 Å². The lowest BCUT2D eigenvalue weighted by atomic mass is 10.1. The van der Waals surface area contributed by atoms with Crippen LogP contribution in [0.4, 0.5) is 0 Å². The summed E-state index contributed by atoms with van der Waals surface area (Å²) < 4.78 is 10.7. The molecule has 0 heterocycles. The Balaban J connectivity index is 2.62. The number of amides is 1. The number of methoxy groups -OCH3 is 1. The van der Waals surface area contributed by atoms with Gasteiger partial charge in [0.05, 0.1) is 6.61 Å². The van der Waals surface area contributed by atoms with Crippen molar-refractivity contribution >= 4 is 5.91 Å². The molecule has 1 amide bonds. The molecule has 4 nitrogen and oxygen atoms in total. The Bertz CT molecular complexity index is 418. The molecule has 1 N–H and O–H groups in total. The fraction of sp³-hybridized carbons (Fsp3) is 0.533. The van der Waals surface area contributed by atoms with E-state index in [0.717, 1.165) is 11.3 Å². The molecule has 0 saturated carbocycles. The summed E-state index contributed by atoms with van der Waals surface area (Å²) >= 11 is 0. The van der Waals surface area contributed by atoms with E-state index in [0.29, 0.717) is 19.6 Å². The van der Waals surface area contributed by atoms with E-state index in [-0.39, 0.29) is 5.91 Å². The Hall–Kier alpha value is -1.55. The van der Waals surface area contributed by atoms with E-state index in [2.05, 4.69) is 5.32 Å². The van der Waals surface area contributed by atoms with Gasteiger partial charge in [0.25, 0.3) is 5.91 Å². The molecule has 4 heteroatoms. The number of hydrogen-bond acceptors (Lipinski definition) is 3. The van der Waals surface area contributed by atoms with E-state index in [1.807, 2.05) is 39.0 Å². The van der Waals surface area contributed by atoms with E-state index in [9.17, 15) is 4.79 Å². The molecule has 0 aromatic heterocycles. The molecule has 0 bridgehead atoms. The number of nitrogens with one attached hydrogen (secondary N) is 1. The van der Waals surface area contributed by atoms with Crippen molar-refractivity contribution in [3.63, 3.8) is 0 Å². The number of benzene rings is 1. The number of aryl methyl sites for hydroxylation is 2. The molecule has 0 aliphatic rings. The topological polar surface area (TPSA) is 47.6 Å². The Morgan fingerprint density at radius 3 is 2.68 bits per heavy atom. The second-order valence-electron chi connectivity index (χ2n) is 4.57. The number of carbonyl (C=O) groups is 1. The highest BCUT2D eigenvalue weighted by atomic mass is 16.5. The Morgan fingerprint density at radius 2 is 2.11 bits per heavy atom. The molecular weight excluding hydrogens is 242 g/mol. The quantitative estimate of drug-likeness (QED) is 0.769. The zero-order chi connectivity index (χ0) is 14.3. The Labute approximate surface area is 115 Å². The summed E-state index contributed by atoms with van der Waals surface area (Å²) in [5, 5.41) is 2.80. The Morgan fingerprint density at radius 1 is 1.37 bits per heavy atom. The van der Waals surface area contributed by atoms with Crippen LogP contribution in [0.15, 0.2) is 18.2 Å². The molecule has 0 aliphatic carbocycles. The van der Waals surface area contributed by atoms with E-state index < -0.39 is 6.10 Å². The van der Waals surface area contributed by atoms with E-state index >= 15 is 0 Å². The van der Waals surface area contributed by atoms with Crippen molar-refractivity contribution in [2.75, 3.05) is 20.3 Å². The molecule has 0 spiro atoms. The molecule has 0 fully saturated rings. The zero-order valence-electron chi connectivity index (χ0n) is 12.2. The number of ether oxygens (including phenoxy) is 2. The molecule has 1 aromatic carbocycles. The van der Waals surface area contributed by atoms with Crippen LogP contribution in [0.1, 0.15) is 24.5 Å². The van der Waals surface area contributed by atoms with Gasteiger partial charge in [0.2, 0.25) is 0 Å². The molecule has 0 radical (unpaired) electrons. The third kappa shape index (κ3) is 4.91. The smallest absolute Gasteiger partial charge is 0.261 e. The van der Waals surface area contributed by atoms with Gasteiger partial charge in [-0.15, -0.1) is 0 Å². The molecule has 1 rings (SSSR count). The van der Waals surface area contributed by atoms with Gasteiger partial charge >= 0.3 is 0 Å². The second kappa shape index (κ2) is 7.79. The van der Waals surface area contributed by atoms with Crippen molar-refractivity contribution in [3.8, 4) is 5.75 Å². The highest BCUT2D eigenvalue weighted by Crippen LogP contribution is 2.20. The van der Waals surface area contributed by atoms with Gasteiger partial charge in [0, 0.05) is 13.7 Å². The summed E-state index contributed by atoms with van der Waals surface area (Å²) in [7, 11) is 1.61. The molecule has 0 aliphatic heterocycles. The van der Waals surface area contributed by atoms with Crippen molar-refractivity contribution < 1.29 is 14.3 Å². The predicted molar refractivity (Wildman–Crippen MR) is 75.5 cm³/mol. The lowest BCUT2D eigenvalue weighted by Gasteiger charge is -2.18. The maximum Gasteiger partial charge on any atom is 0.261 e. The average molecular weight is 265 g/mol. The van der Waals surface area contributed by atoms with Gasteiger partial charge in [0.1, 0.15) is 5.75 Å². The fourth-order valence-electron chi connectivity index (χ4n) is 1.80. The summed E-state index contributed by atoms with van der Waals surface area (Å²) in [6.45, 7) is 6.96. The molecule has 1 unspecified atom stereocenters. The van der Waals surface area contributed by atoms with Crippen LogP contribution in [0.5, 0.6) is 5.75 Å². The highest BCUT2D eigenvalue weighted by molar-refractivity contribution is 5.81. The van der Waals surface area contributed by atoms with Crippen molar-refractivity contribution in [3.05, 3.63) is 29.3 Å². The molecule has 1 atom stereocenters. The van der Waals surface area contributed by atoms with Crippen LogP contribution in [0.2, 0.25) is 0 Å². The van der Waals surface area contributed by atoms with Crippen molar-refractivity contribution in [1.29, 1.82) is 0 Å². The van der Waals surface area contributed by atoms with Crippen LogP contribution in [0.3, 0.4) is 0 Å². The number of rotatable bonds is 7. The lowest BCUT2D eigenvalue weighted by molar-refractivity contribution is -0.128. The highest BCUT2D eigenvalue weighted by Gasteiger charge is 2.18. The SMILES string of the molecule is CCC(Oc1ccc(C)cc1C)C(=O)NCCOC. The molecule has 106 valence electrons. The monoisotopic (exact) mass is 265 g/mol. The Kier molecular flexibility index (Phi) is 6.36. The van der Waals surface area contributed by atoms with Crippen molar-refractivity contribution in [2.24, 2.45) is 0 Å². The normalized spacial score (nSPS) is 12.0. The van der Waals surface area contributed by atoms with Gasteiger partial charge in [-0.05, 0) is 31.9 Å². The molecular formula is C15H23NO3. The average Bonchev–Trinajstić information content (AvgIpc) is 2.38. The summed E-state index contributed by atoms with van der Waals surface area (Å²) in [5.74, 6) is 0.666. The minimum absolute atomic E-state index is 0.0977. The van der Waals surface area contributed by atoms with Gasteiger partial charge in [-0.3, -0.25) is 4.79 Å². The van der Waals surface area contributed by atoms with Crippen LogP contribution in [0.25, 0.3) is 0 Å². The summed E-state index contributed by atoms with van der Waals surface area (Å²) in [4.78, 5) is 11.9. The van der Waals surface area contributed by atoms with E-state index in [1.165, 1.54) is 5.56 Å². The predicted octanol–water partition coefficient (Wildman–Crippen LogP) is 2.22. The first-order valence-corrected chi connectivity index (χ1v) is 6.59. The lowest BCUT2D eigenvalue weighted by Crippen LogP contribution is -2.39. The first kappa shape index (κ1) is 15.5. The van der Waals surface area contributed by atoms with Crippen molar-refractivity contribution in [1.82, 2.24) is 5.32 Å². The van der Waals surface area contributed by atoms with Crippen LogP contribution < -0.4 is 10.1 Å². The van der Waals surface area contributed by atoms with E-state index in [1.54, 1.807) is 7.11 Å². The number of carbonyl (C=O) groups excluding carboxylic acids is 1. The van der Waals surface area contributed by atoms with Crippen LogP contribution in [-0.4, -0.2) is 32.3 Å². The second-order valence-corrected chi connectivity index (χ2v) is 4.57. The third-order valence-electron chi connectivity index (χ3n) is 2.87. The van der Waals surface area contributed by atoms with Gasteiger partial charge in [-0.2, -0.15) is 0 Å². The van der Waals surface area contributed by atoms with Gasteiger partial charge in [-0.25, -0.2) is 0 Å².